The van der Waals surface area contributed by atoms with Crippen LogP contribution >= 0.6 is 24.8 Å². The molecule has 0 spiro atoms. The third-order valence-corrected chi connectivity index (χ3v) is 3.04. The van der Waals surface area contributed by atoms with Gasteiger partial charge in [-0.25, -0.2) is 9.38 Å². The standard InChI is InChI=1S/C13H15F4N5O.2ClH/c14-9-7-8(3-4-10(9)23-13(15,16)17)20-11(18)21-12(19)22-5-1-2-6-22;;/h3-4,7H,1-2,5-6H2,(H4,18,19,20,21);2*1H. The second-order valence-corrected chi connectivity index (χ2v) is 4.80. The lowest BCUT2D eigenvalue weighted by molar-refractivity contribution is -0.275. The van der Waals surface area contributed by atoms with Crippen LogP contribution in [0.25, 0.3) is 0 Å². The van der Waals surface area contributed by atoms with E-state index in [0.717, 1.165) is 44.1 Å². The molecule has 0 atom stereocenters. The van der Waals surface area contributed by atoms with Gasteiger partial charge in [-0.1, -0.05) is 0 Å². The largest absolute Gasteiger partial charge is 0.573 e. The lowest BCUT2D eigenvalue weighted by Crippen LogP contribution is -2.36. The second-order valence-electron chi connectivity index (χ2n) is 4.80. The average Bonchev–Trinajstić information content (AvgIpc) is 2.94. The molecule has 1 aliphatic heterocycles. The number of rotatable bonds is 2. The van der Waals surface area contributed by atoms with Gasteiger partial charge in [0.25, 0.3) is 0 Å². The number of nitrogens with zero attached hydrogens (tertiary/aromatic N) is 3. The summed E-state index contributed by atoms with van der Waals surface area (Å²) in [6.07, 6.45) is -2.97. The Bertz CT molecular complexity index is 633. The van der Waals surface area contributed by atoms with Gasteiger partial charge in [-0.2, -0.15) is 4.99 Å². The molecule has 0 amide bonds. The fourth-order valence-corrected chi connectivity index (χ4v) is 2.06. The third kappa shape index (κ3) is 7.22. The molecule has 0 aliphatic carbocycles. The molecule has 1 fully saturated rings. The summed E-state index contributed by atoms with van der Waals surface area (Å²) in [7, 11) is 0. The summed E-state index contributed by atoms with van der Waals surface area (Å²) in [5.41, 5.74) is 11.3. The van der Waals surface area contributed by atoms with E-state index in [1.165, 1.54) is 0 Å². The highest BCUT2D eigenvalue weighted by molar-refractivity contribution is 5.94. The van der Waals surface area contributed by atoms with Crippen molar-refractivity contribution in [1.29, 1.82) is 0 Å². The van der Waals surface area contributed by atoms with Gasteiger partial charge in [0.1, 0.15) is 0 Å². The van der Waals surface area contributed by atoms with Crippen LogP contribution in [0, 0.1) is 5.82 Å². The zero-order valence-corrected chi connectivity index (χ0v) is 14.4. The maximum Gasteiger partial charge on any atom is 0.573 e. The van der Waals surface area contributed by atoms with E-state index in [1.807, 2.05) is 4.90 Å². The zero-order valence-electron chi connectivity index (χ0n) is 12.8. The molecule has 1 heterocycles. The van der Waals surface area contributed by atoms with Crippen LogP contribution in [0.1, 0.15) is 12.8 Å². The van der Waals surface area contributed by atoms with Gasteiger partial charge in [-0.15, -0.1) is 38.0 Å². The van der Waals surface area contributed by atoms with E-state index in [0.29, 0.717) is 0 Å². The van der Waals surface area contributed by atoms with E-state index in [1.54, 1.807) is 0 Å². The Morgan fingerprint density at radius 1 is 1.12 bits per heavy atom. The van der Waals surface area contributed by atoms with E-state index in [9.17, 15) is 17.6 Å². The molecule has 0 unspecified atom stereocenters. The molecule has 0 radical (unpaired) electrons. The first-order valence-electron chi connectivity index (χ1n) is 6.73. The summed E-state index contributed by atoms with van der Waals surface area (Å²) >= 11 is 0. The Morgan fingerprint density at radius 2 is 1.72 bits per heavy atom. The first-order valence-corrected chi connectivity index (χ1v) is 6.73. The van der Waals surface area contributed by atoms with E-state index in [2.05, 4.69) is 14.7 Å². The van der Waals surface area contributed by atoms with Crippen LogP contribution in [-0.4, -0.2) is 36.3 Å². The van der Waals surface area contributed by atoms with Crippen molar-refractivity contribution in [3.8, 4) is 5.75 Å². The fourth-order valence-electron chi connectivity index (χ4n) is 2.06. The number of likely N-dealkylation sites (tertiary alicyclic amines) is 1. The zero-order chi connectivity index (χ0) is 17.0. The van der Waals surface area contributed by atoms with Gasteiger partial charge in [0, 0.05) is 19.2 Å². The predicted molar refractivity (Wildman–Crippen MR) is 91.3 cm³/mol. The number of ether oxygens (including phenoxy) is 1. The fraction of sp³-hybridized carbons (Fsp3) is 0.385. The van der Waals surface area contributed by atoms with E-state index < -0.39 is 17.9 Å². The average molecular weight is 406 g/mol. The van der Waals surface area contributed by atoms with E-state index in [4.69, 9.17) is 11.5 Å². The van der Waals surface area contributed by atoms with Gasteiger partial charge < -0.3 is 21.1 Å². The molecule has 4 N–H and O–H groups in total. The van der Waals surface area contributed by atoms with Crippen LogP contribution in [0.15, 0.2) is 28.2 Å². The Morgan fingerprint density at radius 3 is 2.24 bits per heavy atom. The molecular weight excluding hydrogens is 389 g/mol. The molecule has 0 aromatic heterocycles. The smallest absolute Gasteiger partial charge is 0.403 e. The first kappa shape index (κ1) is 23.1. The van der Waals surface area contributed by atoms with Crippen molar-refractivity contribution in [2.24, 2.45) is 21.5 Å². The third-order valence-electron chi connectivity index (χ3n) is 3.04. The summed E-state index contributed by atoms with van der Waals surface area (Å²) < 4.78 is 53.2. The second kappa shape index (κ2) is 9.52. The number of nitrogens with two attached hydrogens (primary N) is 2. The lowest BCUT2D eigenvalue weighted by Gasteiger charge is -2.15. The molecule has 12 heteroatoms. The quantitative estimate of drug-likeness (QED) is 0.449. The molecule has 1 aromatic rings. The molecule has 142 valence electrons. The summed E-state index contributed by atoms with van der Waals surface area (Å²) in [4.78, 5) is 9.50. The SMILES string of the molecule is Cl.Cl.NC(=Nc1ccc(OC(F)(F)F)c(F)c1)/N=C(/N)N1CCCC1. The van der Waals surface area contributed by atoms with Gasteiger partial charge in [-0.3, -0.25) is 0 Å². The van der Waals surface area contributed by atoms with Crippen molar-refractivity contribution in [3.63, 3.8) is 0 Å². The van der Waals surface area contributed by atoms with Crippen LogP contribution in [-0.2, 0) is 0 Å². The molecular formula is C13H17Cl2F4N5O. The minimum absolute atomic E-state index is 0. The molecule has 2 rings (SSSR count). The number of halogens is 6. The summed E-state index contributed by atoms with van der Waals surface area (Å²) in [5, 5.41) is 0. The Balaban J connectivity index is 0.00000288. The Kier molecular flexibility index (Phi) is 8.78. The van der Waals surface area contributed by atoms with Crippen LogP contribution in [0.3, 0.4) is 0 Å². The number of hydrogen-bond donors (Lipinski definition) is 2. The van der Waals surface area contributed by atoms with Gasteiger partial charge in [0.2, 0.25) is 5.96 Å². The molecule has 0 saturated carbocycles. The number of alkyl halides is 3. The molecule has 1 saturated heterocycles. The normalized spacial score (nSPS) is 15.4. The number of guanidine groups is 2. The molecule has 1 aromatic carbocycles. The minimum atomic E-state index is -4.97. The Hall–Kier alpha value is -1.94. The predicted octanol–water partition coefficient (Wildman–Crippen LogP) is 2.92. The van der Waals surface area contributed by atoms with Crippen LogP contribution < -0.4 is 16.2 Å². The van der Waals surface area contributed by atoms with Crippen molar-refractivity contribution in [2.45, 2.75) is 19.2 Å². The van der Waals surface area contributed by atoms with Crippen LogP contribution in [0.4, 0.5) is 23.2 Å². The summed E-state index contributed by atoms with van der Waals surface area (Å²) in [6.45, 7) is 1.53. The van der Waals surface area contributed by atoms with Gasteiger partial charge in [0.15, 0.2) is 17.5 Å². The topological polar surface area (TPSA) is 89.2 Å². The lowest BCUT2D eigenvalue weighted by atomic mass is 10.3. The van der Waals surface area contributed by atoms with Crippen molar-refractivity contribution in [2.75, 3.05) is 13.1 Å². The molecule has 6 nitrogen and oxygen atoms in total. The molecule has 1 aliphatic rings. The first-order chi connectivity index (χ1) is 10.7. The molecule has 0 bridgehead atoms. The highest BCUT2D eigenvalue weighted by Gasteiger charge is 2.32. The number of benzene rings is 1. The number of hydrogen-bond acceptors (Lipinski definition) is 2. The monoisotopic (exact) mass is 405 g/mol. The van der Waals surface area contributed by atoms with Gasteiger partial charge >= 0.3 is 6.36 Å². The Labute approximate surface area is 153 Å². The van der Waals surface area contributed by atoms with E-state index in [-0.39, 0.29) is 42.4 Å². The van der Waals surface area contributed by atoms with Crippen molar-refractivity contribution >= 4 is 42.4 Å². The number of aliphatic imine (C=N–C) groups is 2. The highest BCUT2D eigenvalue weighted by Crippen LogP contribution is 2.28. The van der Waals surface area contributed by atoms with Crippen molar-refractivity contribution in [3.05, 3.63) is 24.0 Å². The van der Waals surface area contributed by atoms with Crippen molar-refractivity contribution < 1.29 is 22.3 Å². The molecule has 25 heavy (non-hydrogen) atoms. The van der Waals surface area contributed by atoms with E-state index >= 15 is 0 Å². The highest BCUT2D eigenvalue weighted by atomic mass is 35.5. The van der Waals surface area contributed by atoms with Gasteiger partial charge in [-0.05, 0) is 25.0 Å². The van der Waals surface area contributed by atoms with Crippen LogP contribution in [0.2, 0.25) is 0 Å². The maximum atomic E-state index is 13.5. The van der Waals surface area contributed by atoms with Crippen molar-refractivity contribution in [1.82, 2.24) is 4.90 Å². The van der Waals surface area contributed by atoms with Gasteiger partial charge in [0.05, 0.1) is 5.69 Å². The summed E-state index contributed by atoms with van der Waals surface area (Å²) in [6, 6.07) is 2.69. The van der Waals surface area contributed by atoms with Crippen LogP contribution in [0.5, 0.6) is 5.75 Å². The minimum Gasteiger partial charge on any atom is -0.403 e. The maximum absolute atomic E-state index is 13.5. The summed E-state index contributed by atoms with van der Waals surface area (Å²) in [5.74, 6) is -2.19.